The number of carbonyl (C=O) groups excluding carboxylic acids is 1. The van der Waals surface area contributed by atoms with Crippen LogP contribution in [0.4, 0.5) is 18.9 Å². The molecule has 1 aromatic heterocycles. The van der Waals surface area contributed by atoms with Crippen molar-refractivity contribution in [2.45, 2.75) is 24.9 Å². The Morgan fingerprint density at radius 1 is 1.09 bits per heavy atom. The summed E-state index contributed by atoms with van der Waals surface area (Å²) >= 11 is 6.36. The van der Waals surface area contributed by atoms with Crippen LogP contribution in [0.3, 0.4) is 0 Å². The van der Waals surface area contributed by atoms with Gasteiger partial charge in [0.05, 0.1) is 26.8 Å². The first-order valence-corrected chi connectivity index (χ1v) is 12.3. The van der Waals surface area contributed by atoms with E-state index in [4.69, 9.17) is 16.0 Å². The molecule has 0 radical (unpaired) electrons. The standard InChI is InChI=1S/C24H18ClF3N2O4S/c1-3-35(32,33)16-7-9-21-20(12-16)30-23(34-21)17-8-6-15(11-19(17)25)29-22(31)14-5-4-13(2)18(10-14)24(26,27)28/h4-12H,3H2,1-2H3,(H,29,31). The van der Waals surface area contributed by atoms with Gasteiger partial charge in [0.15, 0.2) is 15.4 Å². The van der Waals surface area contributed by atoms with Crippen molar-refractivity contribution in [3.8, 4) is 11.5 Å². The number of nitrogens with zero attached hydrogens (tertiary/aromatic N) is 1. The number of hydrogen-bond donors (Lipinski definition) is 1. The highest BCUT2D eigenvalue weighted by Gasteiger charge is 2.33. The van der Waals surface area contributed by atoms with E-state index >= 15 is 0 Å². The Balaban J connectivity index is 1.60. The lowest BCUT2D eigenvalue weighted by atomic mass is 10.0. The number of alkyl halides is 3. The highest BCUT2D eigenvalue weighted by molar-refractivity contribution is 7.91. The Hall–Kier alpha value is -3.37. The van der Waals surface area contributed by atoms with E-state index in [2.05, 4.69) is 10.3 Å². The average Bonchev–Trinajstić information content (AvgIpc) is 3.21. The largest absolute Gasteiger partial charge is 0.436 e. The molecule has 1 N–H and O–H groups in total. The summed E-state index contributed by atoms with van der Waals surface area (Å²) in [5, 5.41) is 2.69. The molecule has 0 aliphatic carbocycles. The van der Waals surface area contributed by atoms with Crippen molar-refractivity contribution in [2.24, 2.45) is 0 Å². The number of halogens is 4. The predicted octanol–water partition coefficient (Wildman–Crippen LogP) is 6.52. The maximum atomic E-state index is 13.2. The molecule has 0 bridgehead atoms. The fraction of sp³-hybridized carbons (Fsp3) is 0.167. The Morgan fingerprint density at radius 2 is 1.83 bits per heavy atom. The van der Waals surface area contributed by atoms with Crippen LogP contribution >= 0.6 is 11.6 Å². The van der Waals surface area contributed by atoms with Crippen molar-refractivity contribution in [3.05, 3.63) is 76.3 Å². The summed E-state index contributed by atoms with van der Waals surface area (Å²) in [6.07, 6.45) is -4.58. The van der Waals surface area contributed by atoms with Gasteiger partial charge < -0.3 is 9.73 Å². The molecule has 1 amide bonds. The number of fused-ring (bicyclic) bond motifs is 1. The molecule has 3 aromatic carbocycles. The number of nitrogens with one attached hydrogen (secondary N) is 1. The van der Waals surface area contributed by atoms with E-state index in [9.17, 15) is 26.4 Å². The summed E-state index contributed by atoms with van der Waals surface area (Å²) in [6.45, 7) is 2.86. The molecule has 0 aliphatic rings. The van der Waals surface area contributed by atoms with E-state index in [-0.39, 0.29) is 38.4 Å². The number of anilines is 1. The number of sulfone groups is 1. The van der Waals surface area contributed by atoms with Crippen LogP contribution in [0.25, 0.3) is 22.6 Å². The van der Waals surface area contributed by atoms with Gasteiger partial charge >= 0.3 is 6.18 Å². The first kappa shape index (κ1) is 24.7. The van der Waals surface area contributed by atoms with Crippen LogP contribution in [0.2, 0.25) is 5.02 Å². The zero-order valence-electron chi connectivity index (χ0n) is 18.4. The highest BCUT2D eigenvalue weighted by Crippen LogP contribution is 2.34. The predicted molar refractivity (Wildman–Crippen MR) is 126 cm³/mol. The quantitative estimate of drug-likeness (QED) is 0.322. The number of hydrogen-bond acceptors (Lipinski definition) is 5. The van der Waals surface area contributed by atoms with Gasteiger partial charge in [0.1, 0.15) is 5.52 Å². The molecule has 0 atom stereocenters. The monoisotopic (exact) mass is 522 g/mol. The first-order chi connectivity index (χ1) is 16.4. The van der Waals surface area contributed by atoms with Crippen molar-refractivity contribution in [1.82, 2.24) is 4.98 Å². The lowest BCUT2D eigenvalue weighted by Gasteiger charge is -2.12. The number of aryl methyl sites for hydroxylation is 1. The Bertz CT molecular complexity index is 1560. The Labute approximate surface area is 203 Å². The molecule has 4 rings (SSSR count). The van der Waals surface area contributed by atoms with E-state index in [1.807, 2.05) is 0 Å². The normalized spacial score (nSPS) is 12.2. The van der Waals surface area contributed by atoms with Crippen molar-refractivity contribution >= 4 is 44.1 Å². The molecule has 182 valence electrons. The van der Waals surface area contributed by atoms with Gasteiger partial charge in [-0.1, -0.05) is 24.6 Å². The third-order valence-electron chi connectivity index (χ3n) is 5.36. The minimum absolute atomic E-state index is 0.0131. The van der Waals surface area contributed by atoms with Crippen molar-refractivity contribution in [3.63, 3.8) is 0 Å². The van der Waals surface area contributed by atoms with Gasteiger partial charge in [-0.25, -0.2) is 13.4 Å². The number of amides is 1. The minimum atomic E-state index is -4.58. The van der Waals surface area contributed by atoms with Gasteiger partial charge in [0, 0.05) is 11.3 Å². The molecule has 35 heavy (non-hydrogen) atoms. The van der Waals surface area contributed by atoms with Crippen LogP contribution in [-0.4, -0.2) is 25.1 Å². The zero-order valence-corrected chi connectivity index (χ0v) is 20.0. The molecule has 0 aliphatic heterocycles. The molecule has 0 spiro atoms. The van der Waals surface area contributed by atoms with Crippen LogP contribution in [0.5, 0.6) is 0 Å². The summed E-state index contributed by atoms with van der Waals surface area (Å²) in [4.78, 5) is 17.0. The Morgan fingerprint density at radius 3 is 2.49 bits per heavy atom. The number of benzene rings is 3. The molecule has 6 nitrogen and oxygen atoms in total. The fourth-order valence-corrected chi connectivity index (χ4v) is 4.58. The summed E-state index contributed by atoms with van der Waals surface area (Å²) in [7, 11) is -3.42. The van der Waals surface area contributed by atoms with Crippen LogP contribution in [0, 0.1) is 6.92 Å². The molecule has 0 fully saturated rings. The summed E-state index contributed by atoms with van der Waals surface area (Å²) in [5.74, 6) is -0.643. The average molecular weight is 523 g/mol. The maximum Gasteiger partial charge on any atom is 0.416 e. The van der Waals surface area contributed by atoms with Gasteiger partial charge in [0.25, 0.3) is 5.91 Å². The second-order valence-corrected chi connectivity index (χ2v) is 10.4. The Kier molecular flexibility index (Phi) is 6.37. The third-order valence-corrected chi connectivity index (χ3v) is 7.41. The van der Waals surface area contributed by atoms with Gasteiger partial charge in [-0.2, -0.15) is 13.2 Å². The van der Waals surface area contributed by atoms with Gasteiger partial charge in [-0.15, -0.1) is 0 Å². The maximum absolute atomic E-state index is 13.2. The minimum Gasteiger partial charge on any atom is -0.436 e. The van der Waals surface area contributed by atoms with Gasteiger partial charge in [-0.3, -0.25) is 4.79 Å². The SMILES string of the molecule is CCS(=O)(=O)c1ccc2oc(-c3ccc(NC(=O)c4ccc(C)c(C(F)(F)F)c4)cc3Cl)nc2c1. The van der Waals surface area contributed by atoms with Crippen molar-refractivity contribution in [1.29, 1.82) is 0 Å². The van der Waals surface area contributed by atoms with E-state index in [1.54, 1.807) is 6.92 Å². The lowest BCUT2D eigenvalue weighted by Crippen LogP contribution is -2.15. The van der Waals surface area contributed by atoms with Crippen LogP contribution in [0.1, 0.15) is 28.4 Å². The smallest absolute Gasteiger partial charge is 0.416 e. The lowest BCUT2D eigenvalue weighted by molar-refractivity contribution is -0.138. The molecule has 0 saturated heterocycles. The second kappa shape index (κ2) is 9.01. The van der Waals surface area contributed by atoms with E-state index in [0.29, 0.717) is 16.7 Å². The summed E-state index contributed by atoms with van der Waals surface area (Å²) < 4.78 is 69.4. The van der Waals surface area contributed by atoms with Crippen LogP contribution in [0.15, 0.2) is 63.9 Å². The zero-order chi connectivity index (χ0) is 25.5. The molecule has 1 heterocycles. The molecule has 0 unspecified atom stereocenters. The molecular formula is C24H18ClF3N2O4S. The topological polar surface area (TPSA) is 89.3 Å². The van der Waals surface area contributed by atoms with Gasteiger partial charge in [-0.05, 0) is 61.0 Å². The first-order valence-electron chi connectivity index (χ1n) is 10.3. The number of rotatable bonds is 5. The van der Waals surface area contributed by atoms with Crippen LogP contribution < -0.4 is 5.32 Å². The van der Waals surface area contributed by atoms with Gasteiger partial charge in [0.2, 0.25) is 5.89 Å². The van der Waals surface area contributed by atoms with Crippen LogP contribution in [-0.2, 0) is 16.0 Å². The highest BCUT2D eigenvalue weighted by atomic mass is 35.5. The molecule has 4 aromatic rings. The molecule has 11 heteroatoms. The summed E-state index contributed by atoms with van der Waals surface area (Å²) in [5.41, 5.74) is 0.315. The third kappa shape index (κ3) is 5.03. The molecule has 0 saturated carbocycles. The number of carbonyl (C=O) groups is 1. The summed E-state index contributed by atoms with van der Waals surface area (Å²) in [6, 6.07) is 12.1. The number of aromatic nitrogens is 1. The fourth-order valence-electron chi connectivity index (χ4n) is 3.42. The van der Waals surface area contributed by atoms with E-state index < -0.39 is 27.5 Å². The van der Waals surface area contributed by atoms with Crippen molar-refractivity contribution < 1.29 is 30.8 Å². The van der Waals surface area contributed by atoms with E-state index in [0.717, 1.165) is 6.07 Å². The number of oxazole rings is 1. The molecular weight excluding hydrogens is 505 g/mol. The van der Waals surface area contributed by atoms with Crippen molar-refractivity contribution in [2.75, 3.05) is 11.1 Å². The second-order valence-electron chi connectivity index (χ2n) is 7.73. The van der Waals surface area contributed by atoms with E-state index in [1.165, 1.54) is 55.5 Å².